The Kier molecular flexibility index (Phi) is 5.52. The fourth-order valence-electron chi connectivity index (χ4n) is 3.79. The van der Waals surface area contributed by atoms with Crippen LogP contribution in [0.2, 0.25) is 0 Å². The first-order valence-corrected chi connectivity index (χ1v) is 11.4. The molecule has 0 aliphatic carbocycles. The molecule has 0 saturated carbocycles. The minimum Gasteiger partial charge on any atom is -0.363 e. The zero-order chi connectivity index (χ0) is 21.2. The van der Waals surface area contributed by atoms with E-state index in [-0.39, 0.29) is 5.82 Å². The smallest absolute Gasteiger partial charge is 0.157 e. The van der Waals surface area contributed by atoms with Crippen molar-refractivity contribution in [2.75, 3.05) is 36.4 Å². The Balaban J connectivity index is 1.38. The summed E-state index contributed by atoms with van der Waals surface area (Å²) in [5.41, 5.74) is 3.62. The molecule has 1 aromatic carbocycles. The highest BCUT2D eigenvalue weighted by atomic mass is 32.1. The number of aryl methyl sites for hydroxylation is 1. The van der Waals surface area contributed by atoms with Crippen LogP contribution in [0.15, 0.2) is 42.0 Å². The van der Waals surface area contributed by atoms with Gasteiger partial charge in [0.1, 0.15) is 22.5 Å². The second-order valence-corrected chi connectivity index (χ2v) is 8.40. The molecule has 1 aliphatic heterocycles. The predicted molar refractivity (Wildman–Crippen MR) is 122 cm³/mol. The van der Waals surface area contributed by atoms with Crippen LogP contribution in [-0.2, 0) is 13.0 Å². The Morgan fingerprint density at radius 1 is 1.16 bits per heavy atom. The van der Waals surface area contributed by atoms with Crippen LogP contribution < -0.4 is 15.5 Å². The normalized spacial score (nSPS) is 14.3. The SMILES string of the molecule is CCc1nc2cnc(N3CCNCC3)cn2c1NCc1nc(-c2ccc(F)cc2)cs1. The summed E-state index contributed by atoms with van der Waals surface area (Å²) in [6.45, 7) is 6.53. The molecule has 3 aromatic heterocycles. The van der Waals surface area contributed by atoms with Crippen molar-refractivity contribution in [1.29, 1.82) is 0 Å². The van der Waals surface area contributed by atoms with Gasteiger partial charge in [-0.05, 0) is 30.7 Å². The Morgan fingerprint density at radius 2 is 1.97 bits per heavy atom. The van der Waals surface area contributed by atoms with Gasteiger partial charge in [-0.3, -0.25) is 4.40 Å². The third kappa shape index (κ3) is 4.11. The first-order chi connectivity index (χ1) is 15.2. The molecule has 0 unspecified atom stereocenters. The van der Waals surface area contributed by atoms with Crippen LogP contribution in [0.5, 0.6) is 0 Å². The van der Waals surface area contributed by atoms with E-state index in [9.17, 15) is 4.39 Å². The fraction of sp³-hybridized carbons (Fsp3) is 0.318. The van der Waals surface area contributed by atoms with E-state index < -0.39 is 0 Å². The maximum atomic E-state index is 13.2. The standard InChI is InChI=1S/C22H24FN7S/c1-2-17-22(26-12-21-28-18(14-31-21)15-3-5-16(23)6-4-15)30-13-20(25-11-19(30)27-17)29-9-7-24-8-10-29/h3-6,11,13-14,24,26H,2,7-10,12H2,1H3. The first-order valence-electron chi connectivity index (χ1n) is 10.5. The monoisotopic (exact) mass is 437 g/mol. The van der Waals surface area contributed by atoms with Crippen molar-refractivity contribution in [3.8, 4) is 11.3 Å². The van der Waals surface area contributed by atoms with E-state index in [0.29, 0.717) is 6.54 Å². The summed E-state index contributed by atoms with van der Waals surface area (Å²) >= 11 is 1.59. The lowest BCUT2D eigenvalue weighted by atomic mass is 10.2. The summed E-state index contributed by atoms with van der Waals surface area (Å²) in [7, 11) is 0. The number of fused-ring (bicyclic) bond motifs is 1. The highest BCUT2D eigenvalue weighted by molar-refractivity contribution is 7.09. The zero-order valence-electron chi connectivity index (χ0n) is 17.3. The van der Waals surface area contributed by atoms with Crippen molar-refractivity contribution in [1.82, 2.24) is 24.7 Å². The summed E-state index contributed by atoms with van der Waals surface area (Å²) in [6.07, 6.45) is 4.74. The molecule has 160 valence electrons. The molecule has 1 saturated heterocycles. The zero-order valence-corrected chi connectivity index (χ0v) is 18.1. The van der Waals surface area contributed by atoms with Crippen LogP contribution in [0.1, 0.15) is 17.6 Å². The average molecular weight is 438 g/mol. The number of nitrogens with zero attached hydrogens (tertiary/aromatic N) is 5. The summed E-state index contributed by atoms with van der Waals surface area (Å²) in [6, 6.07) is 6.43. The second-order valence-electron chi connectivity index (χ2n) is 7.46. The van der Waals surface area contributed by atoms with Gasteiger partial charge in [0.2, 0.25) is 0 Å². The minimum atomic E-state index is -0.241. The van der Waals surface area contributed by atoms with Crippen molar-refractivity contribution in [2.45, 2.75) is 19.9 Å². The number of hydrogen-bond acceptors (Lipinski definition) is 7. The molecule has 31 heavy (non-hydrogen) atoms. The number of benzene rings is 1. The average Bonchev–Trinajstić information content (AvgIpc) is 3.42. The van der Waals surface area contributed by atoms with Crippen LogP contribution in [0, 0.1) is 5.82 Å². The molecular weight excluding hydrogens is 413 g/mol. The van der Waals surface area contributed by atoms with Crippen LogP contribution in [0.4, 0.5) is 16.0 Å². The Morgan fingerprint density at radius 3 is 2.74 bits per heavy atom. The third-order valence-corrected chi connectivity index (χ3v) is 6.29. The molecule has 1 fully saturated rings. The van der Waals surface area contributed by atoms with Gasteiger partial charge in [0.15, 0.2) is 5.65 Å². The van der Waals surface area contributed by atoms with E-state index in [1.54, 1.807) is 23.5 Å². The number of halogens is 1. The number of imidazole rings is 1. The van der Waals surface area contributed by atoms with Gasteiger partial charge in [-0.1, -0.05) is 6.92 Å². The number of piperazine rings is 1. The van der Waals surface area contributed by atoms with Crippen LogP contribution in [-0.4, -0.2) is 45.5 Å². The van der Waals surface area contributed by atoms with E-state index >= 15 is 0 Å². The Bertz CT molecular complexity index is 1180. The quantitative estimate of drug-likeness (QED) is 0.481. The number of aromatic nitrogens is 4. The Labute approximate surface area is 184 Å². The molecule has 1 aliphatic rings. The lowest BCUT2D eigenvalue weighted by molar-refractivity contribution is 0.584. The highest BCUT2D eigenvalue weighted by Crippen LogP contribution is 2.25. The molecule has 0 amide bonds. The maximum Gasteiger partial charge on any atom is 0.157 e. The second kappa shape index (κ2) is 8.60. The van der Waals surface area contributed by atoms with Gasteiger partial charge in [-0.25, -0.2) is 19.3 Å². The molecule has 7 nitrogen and oxygen atoms in total. The number of thiazole rings is 1. The Hall–Kier alpha value is -3.04. The van der Waals surface area contributed by atoms with Gasteiger partial charge < -0.3 is 15.5 Å². The first kappa shape index (κ1) is 19.9. The van der Waals surface area contributed by atoms with E-state index in [1.165, 1.54) is 12.1 Å². The number of hydrogen-bond donors (Lipinski definition) is 2. The molecule has 0 bridgehead atoms. The summed E-state index contributed by atoms with van der Waals surface area (Å²) < 4.78 is 15.3. The molecule has 4 heterocycles. The topological polar surface area (TPSA) is 70.4 Å². The molecule has 0 radical (unpaired) electrons. The van der Waals surface area contributed by atoms with Crippen molar-refractivity contribution in [3.05, 3.63) is 58.6 Å². The fourth-order valence-corrected chi connectivity index (χ4v) is 4.53. The van der Waals surface area contributed by atoms with E-state index in [4.69, 9.17) is 9.97 Å². The van der Waals surface area contributed by atoms with Crippen molar-refractivity contribution in [2.24, 2.45) is 0 Å². The van der Waals surface area contributed by atoms with Crippen molar-refractivity contribution >= 4 is 28.6 Å². The maximum absolute atomic E-state index is 13.2. The van der Waals surface area contributed by atoms with Crippen molar-refractivity contribution in [3.63, 3.8) is 0 Å². The van der Waals surface area contributed by atoms with Gasteiger partial charge >= 0.3 is 0 Å². The van der Waals surface area contributed by atoms with Gasteiger partial charge in [0.05, 0.1) is 30.3 Å². The molecule has 0 atom stereocenters. The number of rotatable bonds is 6. The van der Waals surface area contributed by atoms with E-state index in [2.05, 4.69) is 38.0 Å². The van der Waals surface area contributed by atoms with E-state index in [0.717, 1.165) is 71.8 Å². The highest BCUT2D eigenvalue weighted by Gasteiger charge is 2.16. The molecule has 0 spiro atoms. The number of nitrogens with one attached hydrogen (secondary N) is 2. The molecule has 9 heteroatoms. The van der Waals surface area contributed by atoms with Crippen LogP contribution in [0.25, 0.3) is 16.9 Å². The van der Waals surface area contributed by atoms with Crippen LogP contribution in [0.3, 0.4) is 0 Å². The minimum absolute atomic E-state index is 0.241. The molecule has 2 N–H and O–H groups in total. The summed E-state index contributed by atoms with van der Waals surface area (Å²) in [5.74, 6) is 1.70. The third-order valence-electron chi connectivity index (χ3n) is 5.44. The molecular formula is C22H24FN7S. The van der Waals surface area contributed by atoms with Gasteiger partial charge in [-0.15, -0.1) is 11.3 Å². The number of anilines is 2. The van der Waals surface area contributed by atoms with E-state index in [1.807, 2.05) is 11.6 Å². The summed E-state index contributed by atoms with van der Waals surface area (Å²) in [5, 5.41) is 9.88. The van der Waals surface area contributed by atoms with Gasteiger partial charge in [0.25, 0.3) is 0 Å². The van der Waals surface area contributed by atoms with Crippen LogP contribution >= 0.6 is 11.3 Å². The lowest BCUT2D eigenvalue weighted by Crippen LogP contribution is -2.44. The van der Waals surface area contributed by atoms with Gasteiger partial charge in [-0.2, -0.15) is 0 Å². The van der Waals surface area contributed by atoms with Crippen molar-refractivity contribution < 1.29 is 4.39 Å². The molecule has 5 rings (SSSR count). The molecule has 4 aromatic rings. The predicted octanol–water partition coefficient (Wildman–Crippen LogP) is 3.58. The largest absolute Gasteiger partial charge is 0.363 e. The summed E-state index contributed by atoms with van der Waals surface area (Å²) in [4.78, 5) is 16.4. The van der Waals surface area contributed by atoms with Gasteiger partial charge in [0, 0.05) is 37.1 Å². The lowest BCUT2D eigenvalue weighted by Gasteiger charge is -2.28.